The monoisotopic (exact) mass is 359 g/mol. The molecule has 2 rings (SSSR count). The number of rotatable bonds is 8. The molecule has 1 amide bonds. The largest absolute Gasteiger partial charge is 0.507 e. The van der Waals surface area contributed by atoms with E-state index in [4.69, 9.17) is 15.2 Å². The molecule has 0 radical (unpaired) electrons. The van der Waals surface area contributed by atoms with Crippen molar-refractivity contribution in [2.45, 2.75) is 26.2 Å². The molecule has 0 aliphatic carbocycles. The zero-order valence-corrected chi connectivity index (χ0v) is 15.3. The van der Waals surface area contributed by atoms with Gasteiger partial charge in [0, 0.05) is 24.4 Å². The fraction of sp³-hybridized carbons (Fsp3) is 0.368. The number of nitrogens with one attached hydrogen (secondary N) is 1. The fourth-order valence-corrected chi connectivity index (χ4v) is 2.70. The number of nitrogen functional groups attached to an aromatic ring is 1. The Bertz CT molecular complexity index is 757. The zero-order chi connectivity index (χ0) is 19.1. The molecule has 0 bridgehead atoms. The van der Waals surface area contributed by atoms with Crippen LogP contribution in [0.2, 0.25) is 0 Å². The van der Waals surface area contributed by atoms with E-state index in [1.165, 1.54) is 20.3 Å². The van der Waals surface area contributed by atoms with Crippen LogP contribution in [-0.4, -0.2) is 36.8 Å². The molecule has 0 unspecified atom stereocenters. The molecule has 4 N–H and O–H groups in total. The van der Waals surface area contributed by atoms with Crippen LogP contribution in [0.25, 0.3) is 0 Å². The number of ether oxygens (including phenoxy) is 2. The van der Waals surface area contributed by atoms with Crippen molar-refractivity contribution >= 4 is 11.7 Å². The molecule has 0 spiro atoms. The molecule has 140 valence electrons. The molecular formula is C19H25N3O4. The van der Waals surface area contributed by atoms with E-state index >= 15 is 0 Å². The van der Waals surface area contributed by atoms with E-state index < -0.39 is 0 Å². The number of amides is 1. The van der Waals surface area contributed by atoms with Crippen LogP contribution in [0.5, 0.6) is 17.2 Å². The van der Waals surface area contributed by atoms with E-state index in [1.54, 1.807) is 6.07 Å². The smallest absolute Gasteiger partial charge is 0.258 e. The average Bonchev–Trinajstić information content (AvgIpc) is 2.59. The van der Waals surface area contributed by atoms with Crippen LogP contribution in [0.1, 0.15) is 34.5 Å². The molecule has 0 aliphatic heterocycles. The number of unbranched alkanes of at least 4 members (excludes halogenated alkanes) is 1. The highest BCUT2D eigenvalue weighted by Gasteiger charge is 2.18. The number of aromatic hydroxyl groups is 1. The van der Waals surface area contributed by atoms with Crippen molar-refractivity contribution in [1.29, 1.82) is 0 Å². The highest BCUT2D eigenvalue weighted by atomic mass is 16.5. The van der Waals surface area contributed by atoms with E-state index in [1.807, 2.05) is 19.1 Å². The Kier molecular flexibility index (Phi) is 6.66. The van der Waals surface area contributed by atoms with Gasteiger partial charge in [0.2, 0.25) is 0 Å². The number of benzene rings is 1. The Labute approximate surface area is 153 Å². The van der Waals surface area contributed by atoms with Gasteiger partial charge in [0.15, 0.2) is 0 Å². The number of carbonyl (C=O) groups excluding carboxylic acids is 1. The van der Waals surface area contributed by atoms with Crippen molar-refractivity contribution < 1.29 is 19.4 Å². The molecule has 0 fully saturated rings. The van der Waals surface area contributed by atoms with Gasteiger partial charge in [-0.05, 0) is 43.9 Å². The third-order valence-electron chi connectivity index (χ3n) is 3.93. The summed E-state index contributed by atoms with van der Waals surface area (Å²) in [6.45, 7) is 2.46. The van der Waals surface area contributed by atoms with E-state index in [9.17, 15) is 9.90 Å². The lowest BCUT2D eigenvalue weighted by Crippen LogP contribution is -2.25. The van der Waals surface area contributed by atoms with Crippen LogP contribution >= 0.6 is 0 Å². The lowest BCUT2D eigenvalue weighted by atomic mass is 10.1. The summed E-state index contributed by atoms with van der Waals surface area (Å²) < 4.78 is 10.2. The third-order valence-corrected chi connectivity index (χ3v) is 3.93. The number of hydrogen-bond acceptors (Lipinski definition) is 6. The summed E-state index contributed by atoms with van der Waals surface area (Å²) in [4.78, 5) is 16.6. The molecule has 26 heavy (non-hydrogen) atoms. The summed E-state index contributed by atoms with van der Waals surface area (Å²) in [5.41, 5.74) is 7.88. The van der Waals surface area contributed by atoms with Crippen LogP contribution in [0.3, 0.4) is 0 Å². The number of aryl methyl sites for hydroxylation is 2. The molecular weight excluding hydrogens is 334 g/mol. The number of phenolic OH excluding ortho intramolecular Hbond substituents is 1. The SMILES string of the molecule is COc1cc(O)c(C(=O)NCCCCc2cc(C)cc(N)n2)c(OC)c1. The zero-order valence-electron chi connectivity index (χ0n) is 15.3. The van der Waals surface area contributed by atoms with Gasteiger partial charge < -0.3 is 25.6 Å². The van der Waals surface area contributed by atoms with Gasteiger partial charge in [0.1, 0.15) is 28.6 Å². The Morgan fingerprint density at radius 2 is 1.96 bits per heavy atom. The van der Waals surface area contributed by atoms with E-state index in [0.717, 1.165) is 30.5 Å². The van der Waals surface area contributed by atoms with Gasteiger partial charge in [-0.1, -0.05) is 0 Å². The molecule has 0 aliphatic rings. The summed E-state index contributed by atoms with van der Waals surface area (Å²) >= 11 is 0. The maximum absolute atomic E-state index is 12.3. The van der Waals surface area contributed by atoms with Gasteiger partial charge in [-0.2, -0.15) is 0 Å². The molecule has 0 saturated heterocycles. The first-order valence-corrected chi connectivity index (χ1v) is 8.40. The van der Waals surface area contributed by atoms with E-state index in [0.29, 0.717) is 18.1 Å². The second-order valence-corrected chi connectivity index (χ2v) is 6.00. The van der Waals surface area contributed by atoms with Gasteiger partial charge in [0.05, 0.1) is 14.2 Å². The first-order chi connectivity index (χ1) is 12.4. The number of aromatic nitrogens is 1. The Morgan fingerprint density at radius 1 is 1.19 bits per heavy atom. The number of phenols is 1. The van der Waals surface area contributed by atoms with Crippen LogP contribution in [0.4, 0.5) is 5.82 Å². The second kappa shape index (κ2) is 8.94. The first kappa shape index (κ1) is 19.4. The number of nitrogens with zero attached hydrogens (tertiary/aromatic N) is 1. The number of hydrogen-bond donors (Lipinski definition) is 3. The third kappa shape index (κ3) is 5.02. The normalized spacial score (nSPS) is 10.4. The van der Waals surface area contributed by atoms with Crippen molar-refractivity contribution in [1.82, 2.24) is 10.3 Å². The molecule has 1 aromatic heterocycles. The van der Waals surface area contributed by atoms with Crippen molar-refractivity contribution in [3.05, 3.63) is 41.1 Å². The summed E-state index contributed by atoms with van der Waals surface area (Å²) in [6, 6.07) is 6.78. The lowest BCUT2D eigenvalue weighted by Gasteiger charge is -2.12. The molecule has 0 atom stereocenters. The van der Waals surface area contributed by atoms with Crippen molar-refractivity contribution in [2.75, 3.05) is 26.5 Å². The van der Waals surface area contributed by atoms with E-state index in [-0.39, 0.29) is 23.0 Å². The average molecular weight is 359 g/mol. The molecule has 7 nitrogen and oxygen atoms in total. The minimum atomic E-state index is -0.389. The molecule has 0 saturated carbocycles. The highest BCUT2D eigenvalue weighted by Crippen LogP contribution is 2.33. The van der Waals surface area contributed by atoms with Crippen molar-refractivity contribution in [3.8, 4) is 17.2 Å². The summed E-state index contributed by atoms with van der Waals surface area (Å²) in [5, 5.41) is 12.9. The van der Waals surface area contributed by atoms with Gasteiger partial charge in [-0.15, -0.1) is 0 Å². The fourth-order valence-electron chi connectivity index (χ4n) is 2.70. The van der Waals surface area contributed by atoms with Crippen LogP contribution in [-0.2, 0) is 6.42 Å². The summed E-state index contributed by atoms with van der Waals surface area (Å²) in [6.07, 6.45) is 2.43. The Hall–Kier alpha value is -2.96. The number of anilines is 1. The minimum Gasteiger partial charge on any atom is -0.507 e. The standard InChI is InChI=1S/C19H25N3O4/c1-12-8-13(22-17(20)9-12)6-4-5-7-21-19(24)18-15(23)10-14(25-2)11-16(18)26-3/h8-11,23H,4-7H2,1-3H3,(H2,20,22)(H,21,24). The van der Waals surface area contributed by atoms with Gasteiger partial charge >= 0.3 is 0 Å². The molecule has 2 aromatic rings. The maximum atomic E-state index is 12.3. The van der Waals surface area contributed by atoms with Crippen molar-refractivity contribution in [2.24, 2.45) is 0 Å². The topological polar surface area (TPSA) is 107 Å². The maximum Gasteiger partial charge on any atom is 0.258 e. The number of carbonyl (C=O) groups is 1. The number of nitrogens with two attached hydrogens (primary N) is 1. The first-order valence-electron chi connectivity index (χ1n) is 8.40. The van der Waals surface area contributed by atoms with Gasteiger partial charge in [-0.3, -0.25) is 4.79 Å². The predicted molar refractivity (Wildman–Crippen MR) is 99.9 cm³/mol. The minimum absolute atomic E-state index is 0.0985. The highest BCUT2D eigenvalue weighted by molar-refractivity contribution is 5.99. The number of pyridine rings is 1. The molecule has 1 heterocycles. The summed E-state index contributed by atoms with van der Waals surface area (Å²) in [5.74, 6) is 0.632. The Balaban J connectivity index is 1.87. The quantitative estimate of drug-likeness (QED) is 0.625. The Morgan fingerprint density at radius 3 is 2.62 bits per heavy atom. The molecule has 7 heteroatoms. The lowest BCUT2D eigenvalue weighted by molar-refractivity contribution is 0.0947. The number of methoxy groups -OCH3 is 2. The second-order valence-electron chi connectivity index (χ2n) is 6.00. The molecule has 1 aromatic carbocycles. The van der Waals surface area contributed by atoms with E-state index in [2.05, 4.69) is 10.3 Å². The van der Waals surface area contributed by atoms with Gasteiger partial charge in [0.25, 0.3) is 5.91 Å². The summed E-state index contributed by atoms with van der Waals surface area (Å²) in [7, 11) is 2.91. The predicted octanol–water partition coefficient (Wildman–Crippen LogP) is 2.45. The van der Waals surface area contributed by atoms with Crippen LogP contribution in [0.15, 0.2) is 24.3 Å². The van der Waals surface area contributed by atoms with Crippen LogP contribution < -0.4 is 20.5 Å². The van der Waals surface area contributed by atoms with Crippen molar-refractivity contribution in [3.63, 3.8) is 0 Å². The van der Waals surface area contributed by atoms with Gasteiger partial charge in [-0.25, -0.2) is 4.98 Å². The van der Waals surface area contributed by atoms with Crippen LogP contribution in [0, 0.1) is 6.92 Å².